The van der Waals surface area contributed by atoms with E-state index in [0.717, 1.165) is 17.7 Å². The molecular formula is C23H27F2N3O4S. The van der Waals surface area contributed by atoms with E-state index in [1.54, 1.807) is 19.1 Å². The Bertz CT molecular complexity index is 1150. The van der Waals surface area contributed by atoms with Gasteiger partial charge in [-0.1, -0.05) is 12.1 Å². The fourth-order valence-corrected chi connectivity index (χ4v) is 5.13. The molecule has 1 fully saturated rings. The SMILES string of the molecule is Cc1ccc(C)c(S(=O)(=O)NCCNC(=O)C2CCN(C(=O)c3ccc(F)cc3F)CC2)c1. The van der Waals surface area contributed by atoms with Crippen LogP contribution in [-0.4, -0.2) is 51.3 Å². The molecule has 178 valence electrons. The second-order valence-corrected chi connectivity index (χ2v) is 9.88. The first-order valence-electron chi connectivity index (χ1n) is 10.7. The van der Waals surface area contributed by atoms with Gasteiger partial charge in [-0.05, 0) is 56.0 Å². The maximum absolute atomic E-state index is 13.9. The zero-order valence-electron chi connectivity index (χ0n) is 18.5. The number of carbonyl (C=O) groups excluding carboxylic acids is 2. The van der Waals surface area contributed by atoms with Gasteiger partial charge >= 0.3 is 0 Å². The molecule has 3 rings (SSSR count). The topological polar surface area (TPSA) is 95.6 Å². The first-order chi connectivity index (χ1) is 15.6. The second kappa shape index (κ2) is 10.4. The van der Waals surface area contributed by atoms with E-state index < -0.39 is 27.6 Å². The Morgan fingerprint density at radius 3 is 2.39 bits per heavy atom. The van der Waals surface area contributed by atoms with Gasteiger partial charge in [0.1, 0.15) is 11.6 Å². The number of hydrogen-bond acceptors (Lipinski definition) is 4. The van der Waals surface area contributed by atoms with E-state index >= 15 is 0 Å². The molecule has 0 unspecified atom stereocenters. The number of likely N-dealkylation sites (tertiary alicyclic amines) is 1. The summed E-state index contributed by atoms with van der Waals surface area (Å²) in [6.45, 7) is 4.25. The van der Waals surface area contributed by atoms with Crippen molar-refractivity contribution in [2.75, 3.05) is 26.2 Å². The van der Waals surface area contributed by atoms with E-state index in [2.05, 4.69) is 10.0 Å². The molecule has 1 aliphatic rings. The zero-order valence-corrected chi connectivity index (χ0v) is 19.3. The van der Waals surface area contributed by atoms with Gasteiger partial charge in [-0.3, -0.25) is 9.59 Å². The fourth-order valence-electron chi connectivity index (χ4n) is 3.77. The van der Waals surface area contributed by atoms with Crippen molar-refractivity contribution in [2.45, 2.75) is 31.6 Å². The van der Waals surface area contributed by atoms with Crippen LogP contribution in [0.1, 0.15) is 34.3 Å². The van der Waals surface area contributed by atoms with Crippen LogP contribution in [-0.2, 0) is 14.8 Å². The largest absolute Gasteiger partial charge is 0.355 e. The molecule has 2 aromatic carbocycles. The Morgan fingerprint density at radius 2 is 1.73 bits per heavy atom. The average molecular weight is 480 g/mol. The molecule has 0 atom stereocenters. The van der Waals surface area contributed by atoms with Crippen molar-refractivity contribution in [1.29, 1.82) is 0 Å². The lowest BCUT2D eigenvalue weighted by Crippen LogP contribution is -2.44. The number of nitrogens with one attached hydrogen (secondary N) is 2. The predicted octanol–water partition coefficient (Wildman–Crippen LogP) is 2.53. The van der Waals surface area contributed by atoms with Crippen molar-refractivity contribution in [1.82, 2.24) is 14.9 Å². The van der Waals surface area contributed by atoms with Gasteiger partial charge in [0.15, 0.2) is 0 Å². The van der Waals surface area contributed by atoms with Crippen molar-refractivity contribution in [3.05, 3.63) is 64.7 Å². The molecule has 1 saturated heterocycles. The highest BCUT2D eigenvalue weighted by Crippen LogP contribution is 2.21. The molecule has 7 nitrogen and oxygen atoms in total. The van der Waals surface area contributed by atoms with Crippen LogP contribution in [0.15, 0.2) is 41.3 Å². The Kier molecular flexibility index (Phi) is 7.80. The number of hydrogen-bond donors (Lipinski definition) is 2. The Hall–Kier alpha value is -2.85. The van der Waals surface area contributed by atoms with Gasteiger partial charge in [0.25, 0.3) is 5.91 Å². The molecule has 2 aromatic rings. The van der Waals surface area contributed by atoms with Crippen molar-refractivity contribution in [3.63, 3.8) is 0 Å². The van der Waals surface area contributed by atoms with Crippen LogP contribution >= 0.6 is 0 Å². The van der Waals surface area contributed by atoms with Crippen molar-refractivity contribution >= 4 is 21.8 Å². The quantitative estimate of drug-likeness (QED) is 0.597. The Morgan fingerprint density at radius 1 is 1.03 bits per heavy atom. The molecule has 0 aromatic heterocycles. The molecule has 1 aliphatic heterocycles. The van der Waals surface area contributed by atoms with E-state index in [1.165, 1.54) is 4.90 Å². The first-order valence-corrected chi connectivity index (χ1v) is 12.2. The summed E-state index contributed by atoms with van der Waals surface area (Å²) in [6.07, 6.45) is 0.795. The van der Waals surface area contributed by atoms with Crippen LogP contribution in [0.25, 0.3) is 0 Å². The van der Waals surface area contributed by atoms with Gasteiger partial charge in [0.05, 0.1) is 10.5 Å². The molecule has 2 N–H and O–H groups in total. The van der Waals surface area contributed by atoms with Crippen LogP contribution < -0.4 is 10.0 Å². The van der Waals surface area contributed by atoms with Gasteiger partial charge in [-0.15, -0.1) is 0 Å². The van der Waals surface area contributed by atoms with Crippen molar-refractivity contribution in [2.24, 2.45) is 5.92 Å². The molecule has 0 radical (unpaired) electrons. The molecule has 0 saturated carbocycles. The highest BCUT2D eigenvalue weighted by molar-refractivity contribution is 7.89. The number of nitrogens with zero attached hydrogens (tertiary/aromatic N) is 1. The maximum Gasteiger partial charge on any atom is 0.256 e. The first kappa shape index (κ1) is 24.8. The smallest absolute Gasteiger partial charge is 0.256 e. The second-order valence-electron chi connectivity index (χ2n) is 8.15. The minimum Gasteiger partial charge on any atom is -0.355 e. The summed E-state index contributed by atoms with van der Waals surface area (Å²) < 4.78 is 54.4. The summed E-state index contributed by atoms with van der Waals surface area (Å²) in [5.41, 5.74) is 1.27. The molecule has 0 spiro atoms. The van der Waals surface area contributed by atoms with Crippen LogP contribution in [0, 0.1) is 31.4 Å². The van der Waals surface area contributed by atoms with Gasteiger partial charge in [-0.2, -0.15) is 0 Å². The molecule has 0 bridgehead atoms. The summed E-state index contributed by atoms with van der Waals surface area (Å²) in [4.78, 5) is 26.6. The lowest BCUT2D eigenvalue weighted by molar-refractivity contribution is -0.126. The monoisotopic (exact) mass is 479 g/mol. The summed E-state index contributed by atoms with van der Waals surface area (Å²) in [5, 5.41) is 2.72. The molecule has 1 heterocycles. The Balaban J connectivity index is 1.45. The number of amides is 2. The summed E-state index contributed by atoms with van der Waals surface area (Å²) in [5.74, 6) is -2.75. The third-order valence-electron chi connectivity index (χ3n) is 5.66. The number of benzene rings is 2. The van der Waals surface area contributed by atoms with E-state index in [0.29, 0.717) is 24.5 Å². The third kappa shape index (κ3) is 6.14. The average Bonchev–Trinajstić information content (AvgIpc) is 2.78. The number of carbonyl (C=O) groups is 2. The summed E-state index contributed by atoms with van der Waals surface area (Å²) in [6, 6.07) is 8.00. The predicted molar refractivity (Wildman–Crippen MR) is 119 cm³/mol. The molecule has 2 amide bonds. The lowest BCUT2D eigenvalue weighted by Gasteiger charge is -2.31. The molecular weight excluding hydrogens is 452 g/mol. The highest BCUT2D eigenvalue weighted by atomic mass is 32.2. The zero-order chi connectivity index (χ0) is 24.2. The highest BCUT2D eigenvalue weighted by Gasteiger charge is 2.29. The molecule has 33 heavy (non-hydrogen) atoms. The van der Waals surface area contributed by atoms with E-state index in [4.69, 9.17) is 0 Å². The summed E-state index contributed by atoms with van der Waals surface area (Å²) in [7, 11) is -3.69. The van der Waals surface area contributed by atoms with Gasteiger partial charge in [0.2, 0.25) is 15.9 Å². The maximum atomic E-state index is 13.9. The van der Waals surface area contributed by atoms with Crippen molar-refractivity contribution in [3.8, 4) is 0 Å². The van der Waals surface area contributed by atoms with Crippen LogP contribution in [0.5, 0.6) is 0 Å². The standard InChI is InChI=1S/C23H27F2N3O4S/c1-15-3-4-16(2)21(13-15)33(31,32)27-10-9-26-22(29)17-7-11-28(12-8-17)23(30)19-6-5-18(24)14-20(19)25/h3-6,13-14,17,27H,7-12H2,1-2H3,(H,26,29). The van der Waals surface area contributed by atoms with Gasteiger partial charge < -0.3 is 10.2 Å². The number of sulfonamides is 1. The van der Waals surface area contributed by atoms with Crippen molar-refractivity contribution < 1.29 is 26.8 Å². The van der Waals surface area contributed by atoms with Crippen LogP contribution in [0.2, 0.25) is 0 Å². The number of piperidine rings is 1. The summed E-state index contributed by atoms with van der Waals surface area (Å²) >= 11 is 0. The van der Waals surface area contributed by atoms with Gasteiger partial charge in [0, 0.05) is 38.2 Å². The number of aryl methyl sites for hydroxylation is 2. The van der Waals surface area contributed by atoms with E-state index in [1.807, 2.05) is 13.0 Å². The van der Waals surface area contributed by atoms with Gasteiger partial charge in [-0.25, -0.2) is 21.9 Å². The Labute approximate surface area is 192 Å². The lowest BCUT2D eigenvalue weighted by atomic mass is 9.95. The van der Waals surface area contributed by atoms with Crippen LogP contribution in [0.3, 0.4) is 0 Å². The van der Waals surface area contributed by atoms with Crippen LogP contribution in [0.4, 0.5) is 8.78 Å². The van der Waals surface area contributed by atoms with E-state index in [-0.39, 0.29) is 48.5 Å². The molecule has 0 aliphatic carbocycles. The normalized spacial score (nSPS) is 14.8. The third-order valence-corrected chi connectivity index (χ3v) is 7.27. The number of halogens is 2. The minimum atomic E-state index is -3.69. The number of rotatable bonds is 7. The molecule has 10 heteroatoms. The van der Waals surface area contributed by atoms with E-state index in [9.17, 15) is 26.8 Å². The minimum absolute atomic E-state index is 0.0443. The fraction of sp³-hybridized carbons (Fsp3) is 0.391.